The van der Waals surface area contributed by atoms with Crippen LogP contribution in [0.2, 0.25) is 0 Å². The van der Waals surface area contributed by atoms with E-state index in [1.165, 1.54) is 17.5 Å². The fraction of sp³-hybridized carbons (Fsp3) is 0.450. The highest BCUT2D eigenvalue weighted by molar-refractivity contribution is 6.08. The first-order chi connectivity index (χ1) is 12.6. The predicted octanol–water partition coefficient (Wildman–Crippen LogP) is 2.90. The molecular weight excluding hydrogens is 328 g/mol. The van der Waals surface area contributed by atoms with E-state index in [1.54, 1.807) is 13.2 Å². The molecule has 4 rings (SSSR count). The number of para-hydroxylation sites is 1. The van der Waals surface area contributed by atoms with Crippen LogP contribution in [-0.4, -0.2) is 26.3 Å². The number of hydrogen-bond acceptors (Lipinski definition) is 3. The lowest BCUT2D eigenvalue weighted by Crippen LogP contribution is -2.38. The Labute approximate surface area is 151 Å². The zero-order valence-electron chi connectivity index (χ0n) is 15.2. The van der Waals surface area contributed by atoms with Gasteiger partial charge in [0.05, 0.1) is 11.7 Å². The monoisotopic (exact) mass is 352 g/mol. The highest BCUT2D eigenvalue weighted by Crippen LogP contribution is 2.31. The second-order valence-electron chi connectivity index (χ2n) is 7.14. The molecule has 0 aliphatic heterocycles. The van der Waals surface area contributed by atoms with Gasteiger partial charge in [-0.15, -0.1) is 0 Å². The summed E-state index contributed by atoms with van der Waals surface area (Å²) in [6.07, 6.45) is 6.77. The first kappa shape index (κ1) is 16.8. The molecule has 1 aromatic carbocycles. The third kappa shape index (κ3) is 2.60. The van der Waals surface area contributed by atoms with Crippen molar-refractivity contribution >= 4 is 27.7 Å². The molecule has 6 heteroatoms. The van der Waals surface area contributed by atoms with Crippen molar-refractivity contribution in [3.63, 3.8) is 0 Å². The largest absolute Gasteiger partial charge is 0.352 e. The molecule has 0 saturated heterocycles. The van der Waals surface area contributed by atoms with Gasteiger partial charge in [-0.3, -0.25) is 9.59 Å². The number of hydrogen-bond donors (Lipinski definition) is 1. The van der Waals surface area contributed by atoms with Crippen LogP contribution in [0, 0.1) is 0 Å². The number of benzene rings is 1. The van der Waals surface area contributed by atoms with Crippen LogP contribution < -0.4 is 10.9 Å². The molecule has 1 aliphatic rings. The number of nitrogens with one attached hydrogen (secondary N) is 1. The molecule has 1 N–H and O–H groups in total. The second-order valence-corrected chi connectivity index (χ2v) is 7.14. The molecule has 1 amide bonds. The molecule has 1 saturated carbocycles. The number of nitrogens with zero attached hydrogens (tertiary/aromatic N) is 3. The minimum atomic E-state index is -0.409. The normalized spacial score (nSPS) is 16.4. The van der Waals surface area contributed by atoms with Gasteiger partial charge in [0.25, 0.3) is 5.56 Å². The predicted molar refractivity (Wildman–Crippen MR) is 102 cm³/mol. The lowest BCUT2D eigenvalue weighted by Gasteiger charge is -2.21. The zero-order chi connectivity index (χ0) is 18.3. The Morgan fingerprint density at radius 3 is 2.73 bits per heavy atom. The van der Waals surface area contributed by atoms with Crippen LogP contribution in [0.25, 0.3) is 21.8 Å². The number of aromatic nitrogens is 3. The van der Waals surface area contributed by atoms with Crippen molar-refractivity contribution in [2.45, 2.75) is 51.1 Å². The summed E-state index contributed by atoms with van der Waals surface area (Å²) in [4.78, 5) is 25.9. The highest BCUT2D eigenvalue weighted by atomic mass is 16.2. The van der Waals surface area contributed by atoms with Crippen LogP contribution in [0.5, 0.6) is 0 Å². The molecule has 6 nitrogen and oxygen atoms in total. The van der Waals surface area contributed by atoms with Gasteiger partial charge in [-0.25, -0.2) is 4.68 Å². The Morgan fingerprint density at radius 2 is 2.00 bits per heavy atom. The van der Waals surface area contributed by atoms with Crippen molar-refractivity contribution in [1.82, 2.24) is 19.7 Å². The summed E-state index contributed by atoms with van der Waals surface area (Å²) in [7, 11) is 1.64. The number of rotatable bonds is 4. The average Bonchev–Trinajstić information content (AvgIpc) is 3.26. The Hall–Kier alpha value is -2.63. The van der Waals surface area contributed by atoms with Gasteiger partial charge in [-0.05, 0) is 25.3 Å². The Bertz CT molecular complexity index is 1030. The van der Waals surface area contributed by atoms with Crippen LogP contribution in [0.4, 0.5) is 0 Å². The quantitative estimate of drug-likeness (QED) is 0.785. The first-order valence-electron chi connectivity index (χ1n) is 9.37. The van der Waals surface area contributed by atoms with Crippen molar-refractivity contribution in [1.29, 1.82) is 0 Å². The van der Waals surface area contributed by atoms with Crippen molar-refractivity contribution in [2.24, 2.45) is 7.05 Å². The summed E-state index contributed by atoms with van der Waals surface area (Å²) in [5.41, 5.74) is 1.28. The maximum absolute atomic E-state index is 13.1. The summed E-state index contributed by atoms with van der Waals surface area (Å²) < 4.78 is 3.25. The standard InChI is InChI=1S/C20H24N4O2/c1-3-16(19(25)22-13-8-4-5-9-13)24-17-11-7-6-10-14(17)15-12-21-23(2)20(26)18(15)24/h6-7,10-13,16H,3-5,8-9H2,1-2H3,(H,22,25)/t16-/m1/s1. The molecule has 0 spiro atoms. The van der Waals surface area contributed by atoms with Crippen molar-refractivity contribution in [2.75, 3.05) is 0 Å². The van der Waals surface area contributed by atoms with E-state index in [4.69, 9.17) is 0 Å². The summed E-state index contributed by atoms with van der Waals surface area (Å²) >= 11 is 0. The average molecular weight is 352 g/mol. The number of amides is 1. The third-order valence-electron chi connectivity index (χ3n) is 5.51. The maximum Gasteiger partial charge on any atom is 0.291 e. The fourth-order valence-corrected chi connectivity index (χ4v) is 4.16. The van der Waals surface area contributed by atoms with Crippen LogP contribution in [0.1, 0.15) is 45.1 Å². The Kier molecular flexibility index (Phi) is 4.26. The van der Waals surface area contributed by atoms with Crippen LogP contribution in [-0.2, 0) is 11.8 Å². The lowest BCUT2D eigenvalue weighted by molar-refractivity contribution is -0.124. The van der Waals surface area contributed by atoms with Crippen LogP contribution in [0.15, 0.2) is 35.3 Å². The molecule has 0 radical (unpaired) electrons. The topological polar surface area (TPSA) is 68.9 Å². The highest BCUT2D eigenvalue weighted by Gasteiger charge is 2.27. The molecule has 2 aromatic heterocycles. The molecule has 0 unspecified atom stereocenters. The van der Waals surface area contributed by atoms with Gasteiger partial charge in [0.2, 0.25) is 5.91 Å². The second kappa shape index (κ2) is 6.59. The Balaban J connectivity index is 1.91. The summed E-state index contributed by atoms with van der Waals surface area (Å²) in [5.74, 6) is 0.000850. The van der Waals surface area contributed by atoms with Crippen molar-refractivity contribution in [3.05, 3.63) is 40.8 Å². The van der Waals surface area contributed by atoms with E-state index in [-0.39, 0.29) is 17.5 Å². The van der Waals surface area contributed by atoms with Gasteiger partial charge in [0, 0.05) is 23.9 Å². The van der Waals surface area contributed by atoms with Gasteiger partial charge < -0.3 is 9.88 Å². The zero-order valence-corrected chi connectivity index (χ0v) is 15.2. The molecule has 3 aromatic rings. The van der Waals surface area contributed by atoms with Gasteiger partial charge in [0.1, 0.15) is 11.6 Å². The van der Waals surface area contributed by atoms with Gasteiger partial charge >= 0.3 is 0 Å². The molecule has 1 fully saturated rings. The van der Waals surface area contributed by atoms with E-state index in [2.05, 4.69) is 10.4 Å². The molecular formula is C20H24N4O2. The minimum Gasteiger partial charge on any atom is -0.352 e. The first-order valence-corrected chi connectivity index (χ1v) is 9.37. The SMILES string of the molecule is CC[C@H](C(=O)NC1CCCC1)n1c2ccccc2c2cnn(C)c(=O)c21. The maximum atomic E-state index is 13.1. The van der Waals surface area contributed by atoms with Gasteiger partial charge in [-0.1, -0.05) is 38.0 Å². The molecule has 26 heavy (non-hydrogen) atoms. The van der Waals surface area contributed by atoms with Crippen molar-refractivity contribution < 1.29 is 4.79 Å². The van der Waals surface area contributed by atoms with E-state index in [1.807, 2.05) is 35.8 Å². The number of carbonyl (C=O) groups excluding carboxylic acids is 1. The minimum absolute atomic E-state index is 0.000850. The summed E-state index contributed by atoms with van der Waals surface area (Å²) in [6, 6.07) is 7.69. The van der Waals surface area contributed by atoms with Crippen LogP contribution in [0.3, 0.4) is 0 Å². The van der Waals surface area contributed by atoms with E-state index < -0.39 is 6.04 Å². The Morgan fingerprint density at radius 1 is 1.27 bits per heavy atom. The molecule has 0 bridgehead atoms. The fourth-order valence-electron chi connectivity index (χ4n) is 4.16. The lowest BCUT2D eigenvalue weighted by atomic mass is 10.1. The number of fused-ring (bicyclic) bond motifs is 3. The molecule has 1 atom stereocenters. The molecule has 2 heterocycles. The third-order valence-corrected chi connectivity index (χ3v) is 5.51. The van der Waals surface area contributed by atoms with E-state index in [9.17, 15) is 9.59 Å². The number of aryl methyl sites for hydroxylation is 1. The van der Waals surface area contributed by atoms with Gasteiger partial charge in [-0.2, -0.15) is 5.10 Å². The van der Waals surface area contributed by atoms with E-state index in [0.717, 1.165) is 29.1 Å². The molecule has 136 valence electrons. The van der Waals surface area contributed by atoms with E-state index in [0.29, 0.717) is 11.9 Å². The van der Waals surface area contributed by atoms with Crippen LogP contribution >= 0.6 is 0 Å². The van der Waals surface area contributed by atoms with E-state index >= 15 is 0 Å². The summed E-state index contributed by atoms with van der Waals surface area (Å²) in [6.45, 7) is 1.99. The number of carbonyl (C=O) groups is 1. The summed E-state index contributed by atoms with van der Waals surface area (Å²) in [5, 5.41) is 9.13. The van der Waals surface area contributed by atoms with Gasteiger partial charge in [0.15, 0.2) is 0 Å². The smallest absolute Gasteiger partial charge is 0.291 e. The molecule has 1 aliphatic carbocycles. The van der Waals surface area contributed by atoms with Crippen molar-refractivity contribution in [3.8, 4) is 0 Å².